The maximum absolute atomic E-state index is 5.89. The zero-order valence-corrected chi connectivity index (χ0v) is 9.43. The highest BCUT2D eigenvalue weighted by Gasteiger charge is 2.04. The van der Waals surface area contributed by atoms with Crippen LogP contribution in [0.1, 0.15) is 19.8 Å². The van der Waals surface area contributed by atoms with Crippen LogP contribution in [-0.2, 0) is 0 Å². The number of rotatable bonds is 4. The molecule has 2 aromatic rings. The number of hydrogen-bond donors (Lipinski definition) is 2. The van der Waals surface area contributed by atoms with Crippen LogP contribution < -0.4 is 5.32 Å². The van der Waals surface area contributed by atoms with E-state index in [0.29, 0.717) is 0 Å². The van der Waals surface area contributed by atoms with Crippen molar-refractivity contribution in [3.8, 4) is 0 Å². The fourth-order valence-electron chi connectivity index (χ4n) is 1.51. The van der Waals surface area contributed by atoms with Gasteiger partial charge in [-0.2, -0.15) is 5.10 Å². The minimum Gasteiger partial charge on any atom is -0.368 e. The molecule has 1 aromatic carbocycles. The quantitative estimate of drug-likeness (QED) is 0.780. The van der Waals surface area contributed by atoms with Crippen LogP contribution in [0.25, 0.3) is 10.9 Å². The Morgan fingerprint density at radius 2 is 2.33 bits per heavy atom. The second-order valence-corrected chi connectivity index (χ2v) is 3.98. The predicted molar refractivity (Wildman–Crippen MR) is 64.5 cm³/mol. The lowest BCUT2D eigenvalue weighted by Gasteiger charge is -2.01. The van der Waals surface area contributed by atoms with Crippen LogP contribution in [0.2, 0.25) is 5.02 Å². The molecule has 2 rings (SSSR count). The van der Waals surface area contributed by atoms with Gasteiger partial charge in [-0.15, -0.1) is 0 Å². The molecule has 0 saturated heterocycles. The molecule has 0 bridgehead atoms. The van der Waals surface area contributed by atoms with E-state index < -0.39 is 0 Å². The largest absolute Gasteiger partial charge is 0.368 e. The van der Waals surface area contributed by atoms with E-state index >= 15 is 0 Å². The molecule has 80 valence electrons. The van der Waals surface area contributed by atoms with Gasteiger partial charge in [0.1, 0.15) is 0 Å². The van der Waals surface area contributed by atoms with Crippen LogP contribution in [-0.4, -0.2) is 16.7 Å². The molecule has 0 aliphatic rings. The number of aromatic amines is 1. The summed E-state index contributed by atoms with van der Waals surface area (Å²) in [5.41, 5.74) is 0.974. The van der Waals surface area contributed by atoms with Crippen LogP contribution in [0.15, 0.2) is 18.2 Å². The third-order valence-corrected chi connectivity index (χ3v) is 2.58. The average Bonchev–Trinajstić information content (AvgIpc) is 2.61. The van der Waals surface area contributed by atoms with Gasteiger partial charge in [0.25, 0.3) is 0 Å². The SMILES string of the molecule is CCCCNc1n[nH]c2cc(Cl)ccc12. The molecular formula is C11H14ClN3. The maximum atomic E-state index is 5.89. The molecule has 0 unspecified atom stereocenters. The zero-order chi connectivity index (χ0) is 10.7. The lowest BCUT2D eigenvalue weighted by atomic mass is 10.2. The monoisotopic (exact) mass is 223 g/mol. The Balaban J connectivity index is 2.21. The van der Waals surface area contributed by atoms with E-state index in [9.17, 15) is 0 Å². The first-order valence-corrected chi connectivity index (χ1v) is 5.56. The number of benzene rings is 1. The van der Waals surface area contributed by atoms with Gasteiger partial charge in [-0.3, -0.25) is 5.10 Å². The minimum atomic E-state index is 0.728. The highest BCUT2D eigenvalue weighted by molar-refractivity contribution is 6.31. The Kier molecular flexibility index (Phi) is 3.11. The molecule has 0 fully saturated rings. The highest BCUT2D eigenvalue weighted by atomic mass is 35.5. The summed E-state index contributed by atoms with van der Waals surface area (Å²) in [6.07, 6.45) is 2.34. The van der Waals surface area contributed by atoms with E-state index in [2.05, 4.69) is 22.4 Å². The third kappa shape index (κ3) is 2.23. The molecule has 3 nitrogen and oxygen atoms in total. The lowest BCUT2D eigenvalue weighted by molar-refractivity contribution is 0.830. The van der Waals surface area contributed by atoms with Crippen molar-refractivity contribution >= 4 is 28.3 Å². The van der Waals surface area contributed by atoms with E-state index in [1.807, 2.05) is 18.2 Å². The number of unbranched alkanes of at least 4 members (excludes halogenated alkanes) is 1. The van der Waals surface area contributed by atoms with Crippen LogP contribution in [0, 0.1) is 0 Å². The molecule has 0 radical (unpaired) electrons. The van der Waals surface area contributed by atoms with E-state index in [-0.39, 0.29) is 0 Å². The number of anilines is 1. The smallest absolute Gasteiger partial charge is 0.155 e. The minimum absolute atomic E-state index is 0.728. The average molecular weight is 224 g/mol. The van der Waals surface area contributed by atoms with Gasteiger partial charge >= 0.3 is 0 Å². The summed E-state index contributed by atoms with van der Waals surface area (Å²) in [6, 6.07) is 5.74. The highest BCUT2D eigenvalue weighted by Crippen LogP contribution is 2.23. The molecule has 1 aromatic heterocycles. The Morgan fingerprint density at radius 3 is 3.13 bits per heavy atom. The first-order chi connectivity index (χ1) is 7.31. The zero-order valence-electron chi connectivity index (χ0n) is 8.68. The molecule has 0 aliphatic carbocycles. The van der Waals surface area contributed by atoms with Crippen molar-refractivity contribution < 1.29 is 0 Å². The van der Waals surface area contributed by atoms with E-state index in [4.69, 9.17) is 11.6 Å². The Hall–Kier alpha value is -1.22. The summed E-state index contributed by atoms with van der Waals surface area (Å²) in [5.74, 6) is 0.912. The van der Waals surface area contributed by atoms with E-state index in [1.165, 1.54) is 6.42 Å². The normalized spacial score (nSPS) is 10.8. The fraction of sp³-hybridized carbons (Fsp3) is 0.364. The van der Waals surface area contributed by atoms with Crippen molar-refractivity contribution in [3.05, 3.63) is 23.2 Å². The van der Waals surface area contributed by atoms with Gasteiger partial charge in [-0.1, -0.05) is 24.9 Å². The van der Waals surface area contributed by atoms with Crippen molar-refractivity contribution in [2.24, 2.45) is 0 Å². The van der Waals surface area contributed by atoms with Crippen molar-refractivity contribution in [2.45, 2.75) is 19.8 Å². The van der Waals surface area contributed by atoms with Gasteiger partial charge in [0.2, 0.25) is 0 Å². The van der Waals surface area contributed by atoms with Crippen molar-refractivity contribution in [1.82, 2.24) is 10.2 Å². The predicted octanol–water partition coefficient (Wildman–Crippen LogP) is 3.43. The number of nitrogens with zero attached hydrogens (tertiary/aromatic N) is 1. The number of halogens is 1. The number of fused-ring (bicyclic) bond motifs is 1. The van der Waals surface area contributed by atoms with E-state index in [0.717, 1.165) is 34.7 Å². The Bertz CT molecular complexity index is 450. The molecule has 15 heavy (non-hydrogen) atoms. The van der Waals surface area contributed by atoms with Crippen molar-refractivity contribution in [1.29, 1.82) is 0 Å². The fourth-order valence-corrected chi connectivity index (χ4v) is 1.68. The first-order valence-electron chi connectivity index (χ1n) is 5.18. The van der Waals surface area contributed by atoms with Crippen LogP contribution in [0.3, 0.4) is 0 Å². The summed E-state index contributed by atoms with van der Waals surface area (Å²) in [7, 11) is 0. The van der Waals surface area contributed by atoms with Gasteiger partial charge in [-0.25, -0.2) is 0 Å². The van der Waals surface area contributed by atoms with Crippen molar-refractivity contribution in [3.63, 3.8) is 0 Å². The summed E-state index contributed by atoms with van der Waals surface area (Å²) < 4.78 is 0. The van der Waals surface area contributed by atoms with Gasteiger partial charge < -0.3 is 5.32 Å². The summed E-state index contributed by atoms with van der Waals surface area (Å²) >= 11 is 5.89. The van der Waals surface area contributed by atoms with Gasteiger partial charge in [0.05, 0.1) is 5.52 Å². The number of aromatic nitrogens is 2. The summed E-state index contributed by atoms with van der Waals surface area (Å²) in [6.45, 7) is 3.13. The summed E-state index contributed by atoms with van der Waals surface area (Å²) in [5, 5.41) is 12.3. The van der Waals surface area contributed by atoms with Gasteiger partial charge in [0.15, 0.2) is 5.82 Å². The molecule has 0 spiro atoms. The molecule has 0 saturated carbocycles. The van der Waals surface area contributed by atoms with Gasteiger partial charge in [0, 0.05) is 17.0 Å². The topological polar surface area (TPSA) is 40.7 Å². The number of nitrogens with one attached hydrogen (secondary N) is 2. The Labute approximate surface area is 93.8 Å². The molecule has 2 N–H and O–H groups in total. The number of H-pyrrole nitrogens is 1. The van der Waals surface area contributed by atoms with Crippen LogP contribution in [0.5, 0.6) is 0 Å². The molecular weight excluding hydrogens is 210 g/mol. The van der Waals surface area contributed by atoms with Gasteiger partial charge in [-0.05, 0) is 24.6 Å². The first kappa shape index (κ1) is 10.3. The number of hydrogen-bond acceptors (Lipinski definition) is 2. The third-order valence-electron chi connectivity index (χ3n) is 2.35. The van der Waals surface area contributed by atoms with Crippen LogP contribution in [0.4, 0.5) is 5.82 Å². The molecule has 0 aliphatic heterocycles. The molecule has 4 heteroatoms. The van der Waals surface area contributed by atoms with E-state index in [1.54, 1.807) is 0 Å². The van der Waals surface area contributed by atoms with Crippen LogP contribution >= 0.6 is 11.6 Å². The second kappa shape index (κ2) is 4.53. The summed E-state index contributed by atoms with van der Waals surface area (Å²) in [4.78, 5) is 0. The maximum Gasteiger partial charge on any atom is 0.155 e. The second-order valence-electron chi connectivity index (χ2n) is 3.54. The Morgan fingerprint density at radius 1 is 1.47 bits per heavy atom. The lowest BCUT2D eigenvalue weighted by Crippen LogP contribution is -2.01. The molecule has 1 heterocycles. The molecule has 0 amide bonds. The molecule has 0 atom stereocenters. The standard InChI is InChI=1S/C11H14ClN3/c1-2-3-6-13-11-9-5-4-8(12)7-10(9)14-15-11/h4-5,7H,2-3,6H2,1H3,(H2,13,14,15). The van der Waals surface area contributed by atoms with Crippen molar-refractivity contribution in [2.75, 3.05) is 11.9 Å².